The molecular formula is C22H20N2O6. The summed E-state index contributed by atoms with van der Waals surface area (Å²) >= 11 is 0. The number of benzene rings is 2. The molecule has 8 heteroatoms. The summed E-state index contributed by atoms with van der Waals surface area (Å²) in [5.41, 5.74) is 1.95. The first-order valence-corrected chi connectivity index (χ1v) is 9.34. The van der Waals surface area contributed by atoms with Gasteiger partial charge in [0.05, 0.1) is 24.9 Å². The number of hydrogen-bond donors (Lipinski definition) is 2. The second-order valence-corrected chi connectivity index (χ2v) is 6.44. The number of carbonyl (C=O) groups is 2. The summed E-state index contributed by atoms with van der Waals surface area (Å²) < 4.78 is 21.0. The highest BCUT2D eigenvalue weighted by Crippen LogP contribution is 2.33. The molecule has 1 aliphatic rings. The van der Waals surface area contributed by atoms with Crippen LogP contribution >= 0.6 is 0 Å². The Bertz CT molecular complexity index is 1150. The predicted octanol–water partition coefficient (Wildman–Crippen LogP) is 3.73. The van der Waals surface area contributed by atoms with E-state index in [9.17, 15) is 9.59 Å². The molecule has 8 nitrogen and oxygen atoms in total. The largest absolute Gasteiger partial charge is 0.497 e. The summed E-state index contributed by atoms with van der Waals surface area (Å²) in [5.74, 6) is 0.982. The second-order valence-electron chi connectivity index (χ2n) is 6.44. The number of amides is 1. The number of aromatic nitrogens is 1. The molecule has 0 radical (unpaired) electrons. The Morgan fingerprint density at radius 3 is 2.80 bits per heavy atom. The number of carbonyl (C=O) groups excluding carboxylic acids is 2. The number of methoxy groups -OCH3 is 1. The maximum Gasteiger partial charge on any atom is 0.356 e. The van der Waals surface area contributed by atoms with E-state index in [1.165, 1.54) is 6.08 Å². The highest BCUT2D eigenvalue weighted by atomic mass is 16.7. The lowest BCUT2D eigenvalue weighted by atomic mass is 10.2. The summed E-state index contributed by atoms with van der Waals surface area (Å²) in [4.78, 5) is 28.0. The van der Waals surface area contributed by atoms with E-state index in [4.69, 9.17) is 18.9 Å². The number of ether oxygens (including phenoxy) is 4. The summed E-state index contributed by atoms with van der Waals surface area (Å²) in [6, 6.07) is 10.7. The molecule has 2 aromatic carbocycles. The van der Waals surface area contributed by atoms with E-state index >= 15 is 0 Å². The lowest BCUT2D eigenvalue weighted by molar-refractivity contribution is -0.111. The fraction of sp³-hybridized carbons (Fsp3) is 0.182. The molecule has 0 aliphatic carbocycles. The van der Waals surface area contributed by atoms with Gasteiger partial charge in [-0.1, -0.05) is 6.07 Å². The van der Waals surface area contributed by atoms with Gasteiger partial charge in [0.25, 0.3) is 0 Å². The number of rotatable bonds is 6. The number of nitrogens with one attached hydrogen (secondary N) is 2. The Balaban J connectivity index is 1.60. The van der Waals surface area contributed by atoms with Crippen molar-refractivity contribution in [1.29, 1.82) is 0 Å². The van der Waals surface area contributed by atoms with Gasteiger partial charge in [0.15, 0.2) is 11.5 Å². The molecule has 0 bridgehead atoms. The van der Waals surface area contributed by atoms with Crippen LogP contribution in [-0.2, 0) is 9.53 Å². The molecule has 30 heavy (non-hydrogen) atoms. The number of H-pyrrole nitrogens is 1. The Labute approximate surface area is 172 Å². The van der Waals surface area contributed by atoms with E-state index < -0.39 is 11.9 Å². The zero-order valence-corrected chi connectivity index (χ0v) is 16.5. The highest BCUT2D eigenvalue weighted by molar-refractivity contribution is 6.13. The first-order chi connectivity index (χ1) is 14.6. The normalized spacial score (nSPS) is 12.3. The molecule has 3 aromatic rings. The van der Waals surface area contributed by atoms with Crippen molar-refractivity contribution in [2.75, 3.05) is 25.8 Å². The van der Waals surface area contributed by atoms with Gasteiger partial charge in [-0.2, -0.15) is 0 Å². The molecule has 2 N–H and O–H groups in total. The molecule has 154 valence electrons. The fourth-order valence-electron chi connectivity index (χ4n) is 3.14. The van der Waals surface area contributed by atoms with Crippen LogP contribution < -0.4 is 19.5 Å². The molecule has 0 spiro atoms. The lowest BCUT2D eigenvalue weighted by Crippen LogP contribution is -2.13. The molecule has 2 heterocycles. The molecule has 0 saturated heterocycles. The van der Waals surface area contributed by atoms with Crippen molar-refractivity contribution < 1.29 is 28.5 Å². The van der Waals surface area contributed by atoms with Crippen LogP contribution in [0.5, 0.6) is 17.2 Å². The van der Waals surface area contributed by atoms with Crippen LogP contribution in [0.15, 0.2) is 42.5 Å². The van der Waals surface area contributed by atoms with E-state index in [1.54, 1.807) is 50.4 Å². The zero-order valence-electron chi connectivity index (χ0n) is 16.5. The van der Waals surface area contributed by atoms with Crippen LogP contribution in [0.2, 0.25) is 0 Å². The van der Waals surface area contributed by atoms with Gasteiger partial charge < -0.3 is 29.2 Å². The van der Waals surface area contributed by atoms with Crippen molar-refractivity contribution in [1.82, 2.24) is 4.98 Å². The average molecular weight is 408 g/mol. The van der Waals surface area contributed by atoms with Gasteiger partial charge in [0, 0.05) is 17.5 Å². The topological polar surface area (TPSA) is 98.9 Å². The predicted molar refractivity (Wildman–Crippen MR) is 111 cm³/mol. The first-order valence-electron chi connectivity index (χ1n) is 9.34. The minimum absolute atomic E-state index is 0.171. The molecule has 1 aliphatic heterocycles. The van der Waals surface area contributed by atoms with E-state index in [0.29, 0.717) is 33.8 Å². The van der Waals surface area contributed by atoms with Crippen molar-refractivity contribution in [2.24, 2.45) is 0 Å². The maximum absolute atomic E-state index is 12.6. The van der Waals surface area contributed by atoms with Crippen molar-refractivity contribution in [3.05, 3.63) is 53.7 Å². The number of hydrogen-bond acceptors (Lipinski definition) is 6. The van der Waals surface area contributed by atoms with Gasteiger partial charge >= 0.3 is 5.97 Å². The third-order valence-corrected chi connectivity index (χ3v) is 4.56. The third kappa shape index (κ3) is 3.80. The van der Waals surface area contributed by atoms with Gasteiger partial charge in [-0.05, 0) is 42.8 Å². The second kappa shape index (κ2) is 8.20. The van der Waals surface area contributed by atoms with Crippen LogP contribution in [0.1, 0.15) is 23.0 Å². The van der Waals surface area contributed by atoms with Gasteiger partial charge in [-0.15, -0.1) is 0 Å². The first kappa shape index (κ1) is 19.4. The van der Waals surface area contributed by atoms with Crippen LogP contribution in [0, 0.1) is 0 Å². The maximum atomic E-state index is 12.6. The minimum Gasteiger partial charge on any atom is -0.497 e. The lowest BCUT2D eigenvalue weighted by Gasteiger charge is -2.05. The molecule has 1 amide bonds. The quantitative estimate of drug-likeness (QED) is 0.476. The van der Waals surface area contributed by atoms with Crippen LogP contribution in [0.3, 0.4) is 0 Å². The molecule has 0 fully saturated rings. The average Bonchev–Trinajstić information content (AvgIpc) is 3.36. The summed E-state index contributed by atoms with van der Waals surface area (Å²) in [6.07, 6.45) is 3.04. The summed E-state index contributed by atoms with van der Waals surface area (Å²) in [6.45, 7) is 2.12. The standard InChI is InChI=1S/C22H20N2O6/c1-3-28-22(26)21-20(15-7-6-14(27-2)11-16(15)23-21)24-19(25)9-5-13-4-8-17-18(10-13)30-12-29-17/h4-11,23H,3,12H2,1-2H3,(H,24,25). The molecule has 0 saturated carbocycles. The van der Waals surface area contributed by atoms with Crippen LogP contribution in [0.4, 0.5) is 5.69 Å². The van der Waals surface area contributed by atoms with Crippen molar-refractivity contribution in [3.63, 3.8) is 0 Å². The number of anilines is 1. The van der Waals surface area contributed by atoms with Gasteiger partial charge in [0.1, 0.15) is 11.4 Å². The van der Waals surface area contributed by atoms with Gasteiger partial charge in [-0.3, -0.25) is 4.79 Å². The highest BCUT2D eigenvalue weighted by Gasteiger charge is 2.20. The molecule has 0 unspecified atom stereocenters. The van der Waals surface area contributed by atoms with E-state index in [1.807, 2.05) is 6.07 Å². The molecule has 0 atom stereocenters. The van der Waals surface area contributed by atoms with Crippen LogP contribution in [0.25, 0.3) is 17.0 Å². The fourth-order valence-corrected chi connectivity index (χ4v) is 3.14. The number of aromatic amines is 1. The zero-order chi connectivity index (χ0) is 21.1. The molecular weight excluding hydrogens is 388 g/mol. The Morgan fingerprint density at radius 1 is 1.17 bits per heavy atom. The van der Waals surface area contributed by atoms with Gasteiger partial charge in [-0.25, -0.2) is 4.79 Å². The van der Waals surface area contributed by atoms with Crippen molar-refractivity contribution in [2.45, 2.75) is 6.92 Å². The summed E-state index contributed by atoms with van der Waals surface area (Å²) in [5, 5.41) is 3.45. The Morgan fingerprint density at radius 2 is 2.00 bits per heavy atom. The number of fused-ring (bicyclic) bond motifs is 2. The van der Waals surface area contributed by atoms with E-state index in [-0.39, 0.29) is 19.1 Å². The van der Waals surface area contributed by atoms with Crippen molar-refractivity contribution >= 4 is 34.5 Å². The Kier molecular flexibility index (Phi) is 5.30. The number of esters is 1. The Hall–Kier alpha value is -3.94. The van der Waals surface area contributed by atoms with E-state index in [2.05, 4.69) is 10.3 Å². The smallest absolute Gasteiger partial charge is 0.356 e. The van der Waals surface area contributed by atoms with E-state index in [0.717, 1.165) is 5.56 Å². The van der Waals surface area contributed by atoms with Crippen molar-refractivity contribution in [3.8, 4) is 17.2 Å². The molecule has 4 rings (SSSR count). The molecule has 1 aromatic heterocycles. The SMILES string of the molecule is CCOC(=O)c1[nH]c2cc(OC)ccc2c1NC(=O)C=Cc1ccc2c(c1)OCO2. The minimum atomic E-state index is -0.553. The monoisotopic (exact) mass is 408 g/mol. The summed E-state index contributed by atoms with van der Waals surface area (Å²) in [7, 11) is 1.56. The van der Waals surface area contributed by atoms with Gasteiger partial charge in [0.2, 0.25) is 12.7 Å². The van der Waals surface area contributed by atoms with Crippen LogP contribution in [-0.4, -0.2) is 37.4 Å². The third-order valence-electron chi connectivity index (χ3n) is 4.56.